The van der Waals surface area contributed by atoms with Crippen molar-refractivity contribution in [2.75, 3.05) is 18.9 Å². The molecule has 0 unspecified atom stereocenters. The maximum atomic E-state index is 12.3. The molecule has 0 saturated carbocycles. The normalized spacial score (nSPS) is 31.4. The van der Waals surface area contributed by atoms with Crippen molar-refractivity contribution in [2.45, 2.75) is 44.8 Å². The molecule has 1 aromatic heterocycles. The summed E-state index contributed by atoms with van der Waals surface area (Å²) < 4.78 is 37.3. The minimum absolute atomic E-state index is 0.0415. The molecule has 2 fully saturated rings. The quantitative estimate of drug-likeness (QED) is 0.816. The van der Waals surface area contributed by atoms with E-state index in [2.05, 4.69) is 10.2 Å². The van der Waals surface area contributed by atoms with Gasteiger partial charge in [0.05, 0.1) is 23.8 Å². The molecule has 3 rings (SSSR count). The van der Waals surface area contributed by atoms with E-state index < -0.39 is 10.0 Å². The number of nitrogens with zero attached hydrogens (tertiary/aromatic N) is 3. The number of ether oxygens (including phenoxy) is 1. The van der Waals surface area contributed by atoms with E-state index in [9.17, 15) is 8.42 Å². The summed E-state index contributed by atoms with van der Waals surface area (Å²) in [7, 11) is -3.25. The van der Waals surface area contributed by atoms with E-state index in [0.717, 1.165) is 12.8 Å². The molecule has 2 aliphatic rings. The molecule has 112 valence electrons. The molecule has 0 N–H and O–H groups in total. The van der Waals surface area contributed by atoms with Crippen LogP contribution >= 0.6 is 0 Å². The van der Waals surface area contributed by atoms with Crippen LogP contribution in [0.5, 0.6) is 0 Å². The monoisotopic (exact) mass is 301 g/mol. The van der Waals surface area contributed by atoms with Gasteiger partial charge in [-0.3, -0.25) is 0 Å². The molecule has 0 aromatic carbocycles. The Balaban J connectivity index is 1.89. The Morgan fingerprint density at radius 3 is 2.85 bits per heavy atom. The zero-order valence-electron chi connectivity index (χ0n) is 11.7. The van der Waals surface area contributed by atoms with Gasteiger partial charge in [-0.1, -0.05) is 0 Å². The summed E-state index contributed by atoms with van der Waals surface area (Å²) in [6.45, 7) is 4.42. The summed E-state index contributed by atoms with van der Waals surface area (Å²) in [6, 6.07) is -0.0415. The number of aromatic nitrogens is 2. The van der Waals surface area contributed by atoms with Crippen molar-refractivity contribution in [1.29, 1.82) is 0 Å². The van der Waals surface area contributed by atoms with Crippen LogP contribution in [0.1, 0.15) is 37.5 Å². The van der Waals surface area contributed by atoms with Crippen LogP contribution in [0.3, 0.4) is 0 Å². The van der Waals surface area contributed by atoms with Gasteiger partial charge in [-0.05, 0) is 19.8 Å². The van der Waals surface area contributed by atoms with E-state index in [1.165, 1.54) is 0 Å². The van der Waals surface area contributed by atoms with Crippen molar-refractivity contribution >= 4 is 10.0 Å². The van der Waals surface area contributed by atoms with Gasteiger partial charge in [0.15, 0.2) is 0 Å². The van der Waals surface area contributed by atoms with Crippen molar-refractivity contribution in [1.82, 2.24) is 14.5 Å². The SMILES string of the molecule is CCS(=O)(=O)N1C[C@H](c2nnc(C)o2)C[C@@H]2OCC[C@@H]21. The van der Waals surface area contributed by atoms with E-state index in [0.29, 0.717) is 24.9 Å². The van der Waals surface area contributed by atoms with Gasteiger partial charge >= 0.3 is 0 Å². The van der Waals surface area contributed by atoms with Crippen LogP contribution in [-0.4, -0.2) is 54.0 Å². The van der Waals surface area contributed by atoms with Crippen molar-refractivity contribution in [3.05, 3.63) is 11.8 Å². The summed E-state index contributed by atoms with van der Waals surface area (Å²) in [5.74, 6) is 1.02. The van der Waals surface area contributed by atoms with Crippen LogP contribution in [0.15, 0.2) is 4.42 Å². The van der Waals surface area contributed by atoms with Crippen LogP contribution in [0.25, 0.3) is 0 Å². The van der Waals surface area contributed by atoms with Crippen LogP contribution in [0.2, 0.25) is 0 Å². The Kier molecular flexibility index (Phi) is 3.55. The maximum Gasteiger partial charge on any atom is 0.221 e. The van der Waals surface area contributed by atoms with Crippen LogP contribution < -0.4 is 0 Å². The summed E-state index contributed by atoms with van der Waals surface area (Å²) in [6.07, 6.45) is 1.43. The average Bonchev–Trinajstić information content (AvgIpc) is 3.05. The molecular formula is C12H19N3O4S. The number of hydrogen-bond acceptors (Lipinski definition) is 6. The van der Waals surface area contributed by atoms with E-state index in [-0.39, 0.29) is 23.8 Å². The molecule has 8 heteroatoms. The van der Waals surface area contributed by atoms with Crippen molar-refractivity contribution in [3.8, 4) is 0 Å². The minimum Gasteiger partial charge on any atom is -0.425 e. The number of piperidine rings is 1. The predicted molar refractivity (Wildman–Crippen MR) is 70.7 cm³/mol. The molecule has 0 aliphatic carbocycles. The highest BCUT2D eigenvalue weighted by Crippen LogP contribution is 2.37. The summed E-state index contributed by atoms with van der Waals surface area (Å²) in [5, 5.41) is 7.86. The largest absolute Gasteiger partial charge is 0.425 e. The third-order valence-corrected chi connectivity index (χ3v) is 5.94. The zero-order chi connectivity index (χ0) is 14.3. The Hall–Kier alpha value is -0.990. The Morgan fingerprint density at radius 1 is 1.40 bits per heavy atom. The lowest BCUT2D eigenvalue weighted by Gasteiger charge is -2.38. The first-order chi connectivity index (χ1) is 9.51. The fourth-order valence-corrected chi connectivity index (χ4v) is 4.43. The molecule has 20 heavy (non-hydrogen) atoms. The van der Waals surface area contributed by atoms with Crippen LogP contribution in [0, 0.1) is 6.92 Å². The molecule has 0 amide bonds. The fourth-order valence-electron chi connectivity index (χ4n) is 3.04. The summed E-state index contributed by atoms with van der Waals surface area (Å²) in [4.78, 5) is 0. The number of sulfonamides is 1. The Morgan fingerprint density at radius 2 is 2.20 bits per heavy atom. The molecular weight excluding hydrogens is 282 g/mol. The van der Waals surface area contributed by atoms with E-state index in [1.54, 1.807) is 18.2 Å². The highest BCUT2D eigenvalue weighted by molar-refractivity contribution is 7.89. The third kappa shape index (κ3) is 2.36. The highest BCUT2D eigenvalue weighted by Gasteiger charge is 2.46. The molecule has 3 heterocycles. The van der Waals surface area contributed by atoms with Crippen molar-refractivity contribution in [2.24, 2.45) is 0 Å². The van der Waals surface area contributed by atoms with Gasteiger partial charge in [-0.15, -0.1) is 10.2 Å². The average molecular weight is 301 g/mol. The highest BCUT2D eigenvalue weighted by atomic mass is 32.2. The lowest BCUT2D eigenvalue weighted by Crippen LogP contribution is -2.51. The Labute approximate surface area is 118 Å². The smallest absolute Gasteiger partial charge is 0.221 e. The molecule has 1 aromatic rings. The summed E-state index contributed by atoms with van der Waals surface area (Å²) >= 11 is 0. The second-order valence-electron chi connectivity index (χ2n) is 5.33. The van der Waals surface area contributed by atoms with Gasteiger partial charge in [-0.25, -0.2) is 8.42 Å². The van der Waals surface area contributed by atoms with Gasteiger partial charge in [-0.2, -0.15) is 4.31 Å². The summed E-state index contributed by atoms with van der Waals surface area (Å²) in [5.41, 5.74) is 0. The Bertz CT molecular complexity index is 585. The predicted octanol–water partition coefficient (Wildman–Crippen LogP) is 0.675. The number of hydrogen-bond donors (Lipinski definition) is 0. The first-order valence-electron chi connectivity index (χ1n) is 6.92. The minimum atomic E-state index is -3.25. The third-order valence-electron chi connectivity index (χ3n) is 4.07. The molecule has 0 spiro atoms. The van der Waals surface area contributed by atoms with Gasteiger partial charge in [0.1, 0.15) is 0 Å². The standard InChI is InChI=1S/C12H19N3O4S/c1-3-20(16,17)15-7-9(12-14-13-8(2)19-12)6-11-10(15)4-5-18-11/h9-11H,3-7H2,1-2H3/t9-,10+,11+/m1/s1. The second kappa shape index (κ2) is 5.09. The van der Waals surface area contributed by atoms with Gasteiger partial charge in [0.25, 0.3) is 0 Å². The lowest BCUT2D eigenvalue weighted by atomic mass is 9.92. The van der Waals surface area contributed by atoms with Gasteiger partial charge in [0, 0.05) is 20.1 Å². The molecule has 2 aliphatic heterocycles. The molecule has 7 nitrogen and oxygen atoms in total. The molecule has 2 saturated heterocycles. The fraction of sp³-hybridized carbons (Fsp3) is 0.833. The van der Waals surface area contributed by atoms with Crippen LogP contribution in [0.4, 0.5) is 0 Å². The zero-order valence-corrected chi connectivity index (χ0v) is 12.5. The first kappa shape index (κ1) is 14.0. The molecule has 3 atom stereocenters. The van der Waals surface area contributed by atoms with Gasteiger partial charge < -0.3 is 9.15 Å². The van der Waals surface area contributed by atoms with Gasteiger partial charge in [0.2, 0.25) is 21.8 Å². The lowest BCUT2D eigenvalue weighted by molar-refractivity contribution is 0.0427. The van der Waals surface area contributed by atoms with E-state index >= 15 is 0 Å². The van der Waals surface area contributed by atoms with Crippen molar-refractivity contribution in [3.63, 3.8) is 0 Å². The molecule has 0 bridgehead atoms. The first-order valence-corrected chi connectivity index (χ1v) is 8.53. The second-order valence-corrected chi connectivity index (χ2v) is 7.54. The van der Waals surface area contributed by atoms with E-state index in [1.807, 2.05) is 0 Å². The molecule has 0 radical (unpaired) electrons. The number of aryl methyl sites for hydroxylation is 1. The topological polar surface area (TPSA) is 85.5 Å². The van der Waals surface area contributed by atoms with Crippen molar-refractivity contribution < 1.29 is 17.6 Å². The maximum absolute atomic E-state index is 12.3. The number of fused-ring (bicyclic) bond motifs is 1. The number of rotatable bonds is 3. The van der Waals surface area contributed by atoms with E-state index in [4.69, 9.17) is 9.15 Å². The van der Waals surface area contributed by atoms with Crippen LogP contribution in [-0.2, 0) is 14.8 Å².